The molecule has 1 amide bonds. The molecule has 0 bridgehead atoms. The summed E-state index contributed by atoms with van der Waals surface area (Å²) in [6.45, 7) is 4.23. The third-order valence-corrected chi connectivity index (χ3v) is 5.20. The number of halogens is 2. The van der Waals surface area contributed by atoms with E-state index in [1.807, 2.05) is 12.1 Å². The van der Waals surface area contributed by atoms with Crippen LogP contribution in [0.3, 0.4) is 0 Å². The van der Waals surface area contributed by atoms with Crippen LogP contribution in [-0.4, -0.2) is 32.0 Å². The Balaban J connectivity index is 0.00000338. The van der Waals surface area contributed by atoms with Crippen LogP contribution in [0.1, 0.15) is 27.2 Å². The first kappa shape index (κ1) is 22.9. The fourth-order valence-electron chi connectivity index (χ4n) is 2.17. The molecule has 2 aromatic rings. The molecule has 1 aromatic carbocycles. The van der Waals surface area contributed by atoms with Crippen molar-refractivity contribution >= 4 is 63.1 Å². The lowest BCUT2D eigenvalue weighted by Gasteiger charge is -2.12. The van der Waals surface area contributed by atoms with Crippen LogP contribution in [-0.2, 0) is 6.54 Å². The van der Waals surface area contributed by atoms with Crippen molar-refractivity contribution in [2.45, 2.75) is 19.9 Å². The van der Waals surface area contributed by atoms with Crippen LogP contribution in [0.5, 0.6) is 0 Å². The Kier molecular flexibility index (Phi) is 10.8. The average Bonchev–Trinajstić information content (AvgIpc) is 3.02. The Morgan fingerprint density at radius 1 is 1.12 bits per heavy atom. The summed E-state index contributed by atoms with van der Waals surface area (Å²) in [5, 5.41) is 11.6. The predicted octanol–water partition coefficient (Wildman–Crippen LogP) is 3.92. The largest absolute Gasteiger partial charge is 0.356 e. The molecule has 5 nitrogen and oxygen atoms in total. The van der Waals surface area contributed by atoms with Crippen molar-refractivity contribution < 1.29 is 4.79 Å². The summed E-state index contributed by atoms with van der Waals surface area (Å²) in [5.41, 5.74) is 1.96. The minimum absolute atomic E-state index is 0. The van der Waals surface area contributed by atoms with Crippen molar-refractivity contribution in [1.82, 2.24) is 16.0 Å². The van der Waals surface area contributed by atoms with Crippen molar-refractivity contribution in [2.75, 3.05) is 20.1 Å². The predicted molar refractivity (Wildman–Crippen MR) is 124 cm³/mol. The van der Waals surface area contributed by atoms with Crippen LogP contribution >= 0.6 is 51.2 Å². The van der Waals surface area contributed by atoms with Gasteiger partial charge in [-0.2, -0.15) is 0 Å². The Labute approximate surface area is 184 Å². The van der Waals surface area contributed by atoms with Crippen molar-refractivity contribution in [2.24, 2.45) is 4.99 Å². The van der Waals surface area contributed by atoms with Gasteiger partial charge in [0.1, 0.15) is 0 Å². The van der Waals surface area contributed by atoms with Gasteiger partial charge >= 0.3 is 0 Å². The first-order chi connectivity index (χ1) is 12.1. The standard InChI is InChI=1S/C18H23BrN4OS.HI/c1-13-8-11-25-16(13)12-23-18(20-2)22-10-3-9-21-17(24)14-4-6-15(19)7-5-14;/h4-8,11H,3,9-10,12H2,1-2H3,(H,21,24)(H2,20,22,23);1H. The van der Waals surface area contributed by atoms with Gasteiger partial charge in [0.15, 0.2) is 5.96 Å². The van der Waals surface area contributed by atoms with E-state index in [4.69, 9.17) is 0 Å². The number of nitrogens with zero attached hydrogens (tertiary/aromatic N) is 1. The van der Waals surface area contributed by atoms with Crippen molar-refractivity contribution in [3.63, 3.8) is 0 Å². The number of aryl methyl sites for hydroxylation is 1. The molecule has 0 radical (unpaired) electrons. The Hall–Kier alpha value is -1.13. The van der Waals surface area contributed by atoms with Gasteiger partial charge in [0.05, 0.1) is 6.54 Å². The minimum Gasteiger partial charge on any atom is -0.356 e. The maximum atomic E-state index is 12.0. The molecule has 0 saturated heterocycles. The molecule has 0 aliphatic carbocycles. The number of aliphatic imine (C=N–C) groups is 1. The molecule has 142 valence electrons. The number of rotatable bonds is 7. The fraction of sp³-hybridized carbons (Fsp3) is 0.333. The minimum atomic E-state index is -0.0526. The number of carbonyl (C=O) groups excluding carboxylic acids is 1. The average molecular weight is 551 g/mol. The number of nitrogens with one attached hydrogen (secondary N) is 3. The maximum Gasteiger partial charge on any atom is 0.251 e. The van der Waals surface area contributed by atoms with E-state index in [1.54, 1.807) is 30.5 Å². The van der Waals surface area contributed by atoms with E-state index in [2.05, 4.69) is 55.2 Å². The second-order valence-electron chi connectivity index (χ2n) is 5.50. The molecular formula is C18H24BrIN4OS. The zero-order chi connectivity index (χ0) is 18.1. The van der Waals surface area contributed by atoms with Gasteiger partial charge in [0, 0.05) is 35.1 Å². The maximum absolute atomic E-state index is 12.0. The number of hydrogen-bond acceptors (Lipinski definition) is 3. The summed E-state index contributed by atoms with van der Waals surface area (Å²) in [6.07, 6.45) is 0.820. The van der Waals surface area contributed by atoms with E-state index in [0.717, 1.165) is 29.9 Å². The lowest BCUT2D eigenvalue weighted by molar-refractivity contribution is 0.0953. The van der Waals surface area contributed by atoms with E-state index < -0.39 is 0 Å². The van der Waals surface area contributed by atoms with E-state index in [0.29, 0.717) is 12.1 Å². The van der Waals surface area contributed by atoms with Crippen LogP contribution in [0.15, 0.2) is 45.2 Å². The number of carbonyl (C=O) groups is 1. The highest BCUT2D eigenvalue weighted by molar-refractivity contribution is 14.0. The topological polar surface area (TPSA) is 65.5 Å². The molecule has 0 saturated carbocycles. The molecule has 0 atom stereocenters. The zero-order valence-corrected chi connectivity index (χ0v) is 19.6. The molecule has 3 N–H and O–H groups in total. The molecule has 0 spiro atoms. The molecule has 0 fully saturated rings. The molecule has 0 unspecified atom stereocenters. The van der Waals surface area contributed by atoms with Gasteiger partial charge < -0.3 is 16.0 Å². The van der Waals surface area contributed by atoms with Crippen LogP contribution in [0.2, 0.25) is 0 Å². The molecule has 1 aromatic heterocycles. The highest BCUT2D eigenvalue weighted by Gasteiger charge is 2.05. The third-order valence-electron chi connectivity index (χ3n) is 3.65. The molecule has 0 aliphatic heterocycles. The van der Waals surface area contributed by atoms with Gasteiger partial charge in [0.2, 0.25) is 0 Å². The van der Waals surface area contributed by atoms with Gasteiger partial charge in [-0.25, -0.2) is 0 Å². The van der Waals surface area contributed by atoms with Crippen LogP contribution in [0.25, 0.3) is 0 Å². The van der Waals surface area contributed by atoms with Crippen LogP contribution in [0, 0.1) is 6.92 Å². The lowest BCUT2D eigenvalue weighted by Crippen LogP contribution is -2.38. The summed E-state index contributed by atoms with van der Waals surface area (Å²) in [5.74, 6) is 0.718. The van der Waals surface area contributed by atoms with E-state index in [1.165, 1.54) is 10.4 Å². The van der Waals surface area contributed by atoms with Gasteiger partial charge in [-0.3, -0.25) is 9.79 Å². The third kappa shape index (κ3) is 7.63. The summed E-state index contributed by atoms with van der Waals surface area (Å²) in [4.78, 5) is 17.5. The SMILES string of the molecule is CN=C(NCCCNC(=O)c1ccc(Br)cc1)NCc1sccc1C.I. The molecule has 0 aliphatic rings. The number of thiophene rings is 1. The number of guanidine groups is 1. The quantitative estimate of drug-likeness (QED) is 0.212. The number of amides is 1. The molecule has 2 rings (SSSR count). The van der Waals surface area contributed by atoms with Crippen molar-refractivity contribution in [1.29, 1.82) is 0 Å². The summed E-state index contributed by atoms with van der Waals surface area (Å²) < 4.78 is 0.963. The first-order valence-electron chi connectivity index (χ1n) is 8.11. The summed E-state index contributed by atoms with van der Waals surface area (Å²) in [6, 6.07) is 9.45. The zero-order valence-electron chi connectivity index (χ0n) is 14.8. The van der Waals surface area contributed by atoms with E-state index in [9.17, 15) is 4.79 Å². The van der Waals surface area contributed by atoms with Gasteiger partial charge in [0.25, 0.3) is 5.91 Å². The Morgan fingerprint density at radius 2 is 1.81 bits per heavy atom. The van der Waals surface area contributed by atoms with Gasteiger partial charge in [-0.05, 0) is 54.6 Å². The highest BCUT2D eigenvalue weighted by atomic mass is 127. The summed E-state index contributed by atoms with van der Waals surface area (Å²) >= 11 is 5.10. The first-order valence-corrected chi connectivity index (χ1v) is 9.78. The second-order valence-corrected chi connectivity index (χ2v) is 7.41. The molecule has 26 heavy (non-hydrogen) atoms. The molecular weight excluding hydrogens is 527 g/mol. The van der Waals surface area contributed by atoms with Crippen molar-refractivity contribution in [3.05, 3.63) is 56.2 Å². The lowest BCUT2D eigenvalue weighted by atomic mass is 10.2. The number of hydrogen-bond donors (Lipinski definition) is 3. The fourth-order valence-corrected chi connectivity index (χ4v) is 3.28. The molecule has 8 heteroatoms. The normalized spacial score (nSPS) is 10.8. The van der Waals surface area contributed by atoms with Gasteiger partial charge in [-0.15, -0.1) is 35.3 Å². The summed E-state index contributed by atoms with van der Waals surface area (Å²) in [7, 11) is 1.76. The van der Waals surface area contributed by atoms with Crippen molar-refractivity contribution in [3.8, 4) is 0 Å². The Morgan fingerprint density at radius 3 is 2.42 bits per heavy atom. The van der Waals surface area contributed by atoms with Crippen LogP contribution < -0.4 is 16.0 Å². The van der Waals surface area contributed by atoms with E-state index >= 15 is 0 Å². The van der Waals surface area contributed by atoms with E-state index in [-0.39, 0.29) is 29.9 Å². The van der Waals surface area contributed by atoms with Gasteiger partial charge in [-0.1, -0.05) is 15.9 Å². The Bertz CT molecular complexity index is 718. The second kappa shape index (κ2) is 12.3. The smallest absolute Gasteiger partial charge is 0.251 e. The number of benzene rings is 1. The highest BCUT2D eigenvalue weighted by Crippen LogP contribution is 2.14. The monoisotopic (exact) mass is 550 g/mol. The van der Waals surface area contributed by atoms with Crippen LogP contribution in [0.4, 0.5) is 0 Å². The molecule has 1 heterocycles.